The van der Waals surface area contributed by atoms with Crippen LogP contribution in [0.1, 0.15) is 5.69 Å². The molecule has 3 nitrogen and oxygen atoms in total. The van der Waals surface area contributed by atoms with Crippen molar-refractivity contribution in [2.24, 2.45) is 0 Å². The Morgan fingerprint density at radius 3 is 3.08 bits per heavy atom. The van der Waals surface area contributed by atoms with E-state index in [1.807, 2.05) is 12.1 Å². The van der Waals surface area contributed by atoms with Gasteiger partial charge < -0.3 is 4.52 Å². The molecule has 2 aromatic rings. The normalized spacial score (nSPS) is 10.0. The van der Waals surface area contributed by atoms with Gasteiger partial charge in [0.1, 0.15) is 6.07 Å². The van der Waals surface area contributed by atoms with Crippen molar-refractivity contribution in [2.75, 3.05) is 0 Å². The zero-order valence-electron chi connectivity index (χ0n) is 5.91. The fourth-order valence-electron chi connectivity index (χ4n) is 0.992. The van der Waals surface area contributed by atoms with Crippen molar-refractivity contribution in [3.63, 3.8) is 0 Å². The molecule has 58 valence electrons. The fourth-order valence-corrected chi connectivity index (χ4v) is 1.33. The SMILES string of the molecule is N#Cc1noc2cc(Br)ccc12. The molecule has 1 aromatic carbocycles. The van der Waals surface area contributed by atoms with Gasteiger partial charge in [-0.3, -0.25) is 0 Å². The molecule has 0 unspecified atom stereocenters. The number of aromatic nitrogens is 1. The Labute approximate surface area is 76.7 Å². The van der Waals surface area contributed by atoms with Gasteiger partial charge >= 0.3 is 0 Å². The summed E-state index contributed by atoms with van der Waals surface area (Å²) in [6, 6.07) is 7.38. The summed E-state index contributed by atoms with van der Waals surface area (Å²) < 4.78 is 5.83. The van der Waals surface area contributed by atoms with Gasteiger partial charge in [-0.05, 0) is 18.2 Å². The summed E-state index contributed by atoms with van der Waals surface area (Å²) in [4.78, 5) is 0. The number of nitrogens with zero attached hydrogens (tertiary/aromatic N) is 2. The first-order valence-corrected chi connectivity index (χ1v) is 4.05. The van der Waals surface area contributed by atoms with Crippen LogP contribution >= 0.6 is 15.9 Å². The average Bonchev–Trinajstić information content (AvgIpc) is 2.46. The largest absolute Gasteiger partial charge is 0.355 e. The van der Waals surface area contributed by atoms with Crippen molar-refractivity contribution in [2.45, 2.75) is 0 Å². The minimum absolute atomic E-state index is 0.331. The maximum absolute atomic E-state index is 8.61. The van der Waals surface area contributed by atoms with E-state index in [2.05, 4.69) is 21.1 Å². The van der Waals surface area contributed by atoms with Crippen LogP contribution in [0.25, 0.3) is 11.0 Å². The Morgan fingerprint density at radius 2 is 2.33 bits per heavy atom. The third-order valence-electron chi connectivity index (χ3n) is 1.54. The van der Waals surface area contributed by atoms with Crippen LogP contribution in [0.5, 0.6) is 0 Å². The molecule has 1 aromatic heterocycles. The van der Waals surface area contributed by atoms with Crippen molar-refractivity contribution in [3.05, 3.63) is 28.4 Å². The number of benzene rings is 1. The highest BCUT2D eigenvalue weighted by Gasteiger charge is 2.06. The number of hydrogen-bond acceptors (Lipinski definition) is 3. The van der Waals surface area contributed by atoms with Crippen molar-refractivity contribution in [1.82, 2.24) is 5.16 Å². The van der Waals surface area contributed by atoms with Crippen molar-refractivity contribution < 1.29 is 4.52 Å². The molecule has 0 fully saturated rings. The number of fused-ring (bicyclic) bond motifs is 1. The van der Waals surface area contributed by atoms with Crippen LogP contribution in [0.2, 0.25) is 0 Å². The molecule has 0 saturated carbocycles. The van der Waals surface area contributed by atoms with Crippen LogP contribution in [0.3, 0.4) is 0 Å². The quantitative estimate of drug-likeness (QED) is 0.689. The molecule has 0 atom stereocenters. The Bertz CT molecular complexity index is 469. The first-order valence-electron chi connectivity index (χ1n) is 3.26. The molecule has 4 heteroatoms. The van der Waals surface area contributed by atoms with E-state index < -0.39 is 0 Å². The third kappa shape index (κ3) is 0.990. The molecule has 0 aliphatic rings. The Kier molecular flexibility index (Phi) is 1.59. The van der Waals surface area contributed by atoms with Gasteiger partial charge in [-0.25, -0.2) is 0 Å². The summed E-state index contributed by atoms with van der Waals surface area (Å²) in [5.41, 5.74) is 0.957. The molecule has 12 heavy (non-hydrogen) atoms. The predicted molar refractivity (Wildman–Crippen MR) is 46.4 cm³/mol. The summed E-state index contributed by atoms with van der Waals surface area (Å²) in [6.07, 6.45) is 0. The topological polar surface area (TPSA) is 49.8 Å². The molecule has 0 saturated heterocycles. The number of nitriles is 1. The monoisotopic (exact) mass is 222 g/mol. The third-order valence-corrected chi connectivity index (χ3v) is 2.03. The first kappa shape index (κ1) is 7.32. The van der Waals surface area contributed by atoms with Crippen molar-refractivity contribution in [1.29, 1.82) is 5.26 Å². The smallest absolute Gasteiger partial charge is 0.191 e. The molecule has 1 heterocycles. The lowest BCUT2D eigenvalue weighted by atomic mass is 10.2. The molecule has 2 rings (SSSR count). The zero-order valence-corrected chi connectivity index (χ0v) is 7.50. The highest BCUT2D eigenvalue weighted by atomic mass is 79.9. The molecule has 0 N–H and O–H groups in total. The summed E-state index contributed by atoms with van der Waals surface area (Å²) in [5.74, 6) is 0. The Hall–Kier alpha value is -1.34. The summed E-state index contributed by atoms with van der Waals surface area (Å²) in [6.45, 7) is 0. The maximum atomic E-state index is 8.61. The maximum Gasteiger partial charge on any atom is 0.191 e. The summed E-state index contributed by atoms with van der Waals surface area (Å²) in [5, 5.41) is 13.0. The van der Waals surface area contributed by atoms with E-state index in [1.54, 1.807) is 12.1 Å². The molecule has 0 aliphatic carbocycles. The van der Waals surface area contributed by atoms with Crippen molar-refractivity contribution in [3.8, 4) is 6.07 Å². The van der Waals surface area contributed by atoms with E-state index >= 15 is 0 Å². The van der Waals surface area contributed by atoms with Crippen LogP contribution in [0.4, 0.5) is 0 Å². The van der Waals surface area contributed by atoms with Gasteiger partial charge in [0.05, 0.1) is 5.39 Å². The van der Waals surface area contributed by atoms with E-state index in [0.29, 0.717) is 11.3 Å². The van der Waals surface area contributed by atoms with Crippen LogP contribution in [0, 0.1) is 11.3 Å². The lowest BCUT2D eigenvalue weighted by molar-refractivity contribution is 0.453. The van der Waals surface area contributed by atoms with Crippen LogP contribution in [-0.4, -0.2) is 5.16 Å². The van der Waals surface area contributed by atoms with Gasteiger partial charge in [-0.2, -0.15) is 5.26 Å². The molecule has 0 radical (unpaired) electrons. The van der Waals surface area contributed by atoms with Crippen LogP contribution < -0.4 is 0 Å². The lowest BCUT2D eigenvalue weighted by Gasteiger charge is -1.86. The van der Waals surface area contributed by atoms with Gasteiger partial charge in [0.2, 0.25) is 0 Å². The van der Waals surface area contributed by atoms with Gasteiger partial charge in [0, 0.05) is 4.47 Å². The molecule has 0 bridgehead atoms. The highest BCUT2D eigenvalue weighted by Crippen LogP contribution is 2.21. The molecular formula is C8H3BrN2O. The predicted octanol–water partition coefficient (Wildman–Crippen LogP) is 2.46. The van der Waals surface area contributed by atoms with Crippen LogP contribution in [0.15, 0.2) is 27.2 Å². The van der Waals surface area contributed by atoms with Gasteiger partial charge in [0.15, 0.2) is 11.3 Å². The second kappa shape index (κ2) is 2.61. The number of halogens is 1. The lowest BCUT2D eigenvalue weighted by Crippen LogP contribution is -1.71. The average molecular weight is 223 g/mol. The van der Waals surface area contributed by atoms with E-state index in [1.165, 1.54) is 0 Å². The number of rotatable bonds is 0. The van der Waals surface area contributed by atoms with Crippen molar-refractivity contribution >= 4 is 26.9 Å². The number of hydrogen-bond donors (Lipinski definition) is 0. The molecule has 0 spiro atoms. The Morgan fingerprint density at radius 1 is 1.50 bits per heavy atom. The summed E-state index contributed by atoms with van der Waals surface area (Å²) in [7, 11) is 0. The van der Waals surface area contributed by atoms with E-state index in [9.17, 15) is 0 Å². The van der Waals surface area contributed by atoms with Crippen LogP contribution in [-0.2, 0) is 0 Å². The van der Waals surface area contributed by atoms with E-state index in [-0.39, 0.29) is 0 Å². The van der Waals surface area contributed by atoms with Gasteiger partial charge in [-0.1, -0.05) is 21.1 Å². The second-order valence-corrected chi connectivity index (χ2v) is 3.20. The zero-order chi connectivity index (χ0) is 8.55. The molecular weight excluding hydrogens is 220 g/mol. The standard InChI is InChI=1S/C8H3BrN2O/c9-5-1-2-6-7(4-10)11-12-8(6)3-5/h1-3H. The van der Waals surface area contributed by atoms with E-state index in [0.717, 1.165) is 9.86 Å². The van der Waals surface area contributed by atoms with Gasteiger partial charge in [0.25, 0.3) is 0 Å². The fraction of sp³-hybridized carbons (Fsp3) is 0. The van der Waals surface area contributed by atoms with E-state index in [4.69, 9.17) is 9.78 Å². The highest BCUT2D eigenvalue weighted by molar-refractivity contribution is 9.10. The first-order chi connectivity index (χ1) is 5.81. The summed E-state index contributed by atoms with van der Waals surface area (Å²) >= 11 is 3.29. The van der Waals surface area contributed by atoms with Gasteiger partial charge in [-0.15, -0.1) is 0 Å². The second-order valence-electron chi connectivity index (χ2n) is 2.28. The minimum Gasteiger partial charge on any atom is -0.355 e. The molecule has 0 aliphatic heterocycles. The Balaban J connectivity index is 2.84. The minimum atomic E-state index is 0.331. The molecule has 0 amide bonds.